The van der Waals surface area contributed by atoms with E-state index in [1.54, 1.807) is 0 Å². The Hall–Kier alpha value is -0.650. The molecule has 2 heterocycles. The number of hydrogen-bond donors (Lipinski definition) is 1. The molecule has 2 aliphatic rings. The summed E-state index contributed by atoms with van der Waals surface area (Å²) in [5.74, 6) is 0.252. The van der Waals surface area contributed by atoms with E-state index in [0.29, 0.717) is 19.0 Å². The first-order valence-electron chi connectivity index (χ1n) is 7.04. The lowest BCUT2D eigenvalue weighted by Gasteiger charge is -2.38. The zero-order valence-corrected chi connectivity index (χ0v) is 11.3. The lowest BCUT2D eigenvalue weighted by Crippen LogP contribution is -2.53. The Bertz CT molecular complexity index is 271. The predicted molar refractivity (Wildman–Crippen MR) is 70.3 cm³/mol. The van der Waals surface area contributed by atoms with Gasteiger partial charge in [0.25, 0.3) is 0 Å². The number of hydrogen-bond acceptors (Lipinski definition) is 4. The van der Waals surface area contributed by atoms with Gasteiger partial charge in [0.15, 0.2) is 0 Å². The smallest absolute Gasteiger partial charge is 0.225 e. The summed E-state index contributed by atoms with van der Waals surface area (Å²) in [4.78, 5) is 16.4. The molecule has 2 N–H and O–H groups in total. The van der Waals surface area contributed by atoms with Crippen LogP contribution in [-0.2, 0) is 9.53 Å². The van der Waals surface area contributed by atoms with E-state index in [9.17, 15) is 4.79 Å². The topological polar surface area (TPSA) is 58.8 Å². The van der Waals surface area contributed by atoms with E-state index in [-0.39, 0.29) is 12.0 Å². The molecule has 1 amide bonds. The largest absolute Gasteiger partial charge is 0.378 e. The lowest BCUT2D eigenvalue weighted by atomic mass is 10.1. The number of rotatable bonds is 4. The van der Waals surface area contributed by atoms with Crippen LogP contribution in [-0.4, -0.2) is 67.2 Å². The fraction of sp³-hybridized carbons (Fsp3) is 0.923. The second-order valence-electron chi connectivity index (χ2n) is 5.34. The molecule has 0 spiro atoms. The first kappa shape index (κ1) is 13.8. The van der Waals surface area contributed by atoms with Gasteiger partial charge in [-0.15, -0.1) is 0 Å². The van der Waals surface area contributed by atoms with Crippen molar-refractivity contribution >= 4 is 5.91 Å². The summed E-state index contributed by atoms with van der Waals surface area (Å²) in [6.45, 7) is 7.19. The predicted octanol–water partition coefficient (Wildman–Crippen LogP) is 0.0469. The molecule has 104 valence electrons. The highest BCUT2D eigenvalue weighted by Crippen LogP contribution is 2.17. The van der Waals surface area contributed by atoms with Crippen molar-refractivity contribution in [1.82, 2.24) is 9.80 Å². The van der Waals surface area contributed by atoms with Crippen molar-refractivity contribution in [1.29, 1.82) is 0 Å². The molecule has 0 saturated carbocycles. The average molecular weight is 255 g/mol. The van der Waals surface area contributed by atoms with E-state index in [1.165, 1.54) is 0 Å². The van der Waals surface area contributed by atoms with Crippen molar-refractivity contribution in [3.63, 3.8) is 0 Å². The summed E-state index contributed by atoms with van der Waals surface area (Å²) in [6.07, 6.45) is 2.86. The summed E-state index contributed by atoms with van der Waals surface area (Å²) in [7, 11) is 0. The van der Waals surface area contributed by atoms with Crippen LogP contribution < -0.4 is 5.73 Å². The zero-order chi connectivity index (χ0) is 13.0. The van der Waals surface area contributed by atoms with Crippen LogP contribution in [0.5, 0.6) is 0 Å². The van der Waals surface area contributed by atoms with Crippen molar-refractivity contribution < 1.29 is 9.53 Å². The number of piperazine rings is 1. The molecule has 2 saturated heterocycles. The fourth-order valence-corrected chi connectivity index (χ4v) is 2.69. The van der Waals surface area contributed by atoms with Gasteiger partial charge in [-0.3, -0.25) is 9.69 Å². The standard InChI is InChI=1S/C13H25N3O2/c1-11(10-14)15-4-6-16(7-5-15)13(17)9-12-3-2-8-18-12/h11-12H,2-10,14H2,1H3. The molecule has 0 aliphatic carbocycles. The molecule has 2 aliphatic heterocycles. The second-order valence-corrected chi connectivity index (χ2v) is 5.34. The Balaban J connectivity index is 1.73. The highest BCUT2D eigenvalue weighted by molar-refractivity contribution is 5.76. The van der Waals surface area contributed by atoms with Gasteiger partial charge in [-0.1, -0.05) is 0 Å². The molecule has 0 aromatic carbocycles. The Kier molecular flexibility index (Phi) is 4.97. The minimum atomic E-state index is 0.165. The van der Waals surface area contributed by atoms with Gasteiger partial charge in [0.05, 0.1) is 12.5 Å². The molecule has 2 rings (SSSR count). The molecule has 5 nitrogen and oxygen atoms in total. The summed E-state index contributed by atoms with van der Waals surface area (Å²) < 4.78 is 5.52. The Morgan fingerprint density at radius 3 is 2.67 bits per heavy atom. The number of carbonyl (C=O) groups excluding carboxylic acids is 1. The molecule has 2 atom stereocenters. The second kappa shape index (κ2) is 6.50. The third-order valence-corrected chi connectivity index (χ3v) is 4.06. The van der Waals surface area contributed by atoms with Gasteiger partial charge < -0.3 is 15.4 Å². The van der Waals surface area contributed by atoms with E-state index >= 15 is 0 Å². The first-order chi connectivity index (χ1) is 8.70. The molecule has 2 unspecified atom stereocenters. The summed E-state index contributed by atoms with van der Waals surface area (Å²) in [5.41, 5.74) is 5.67. The number of ether oxygens (including phenoxy) is 1. The van der Waals surface area contributed by atoms with Crippen molar-refractivity contribution in [3.05, 3.63) is 0 Å². The first-order valence-corrected chi connectivity index (χ1v) is 7.04. The number of carbonyl (C=O) groups is 1. The van der Waals surface area contributed by atoms with Crippen LogP contribution in [0, 0.1) is 0 Å². The van der Waals surface area contributed by atoms with E-state index < -0.39 is 0 Å². The highest BCUT2D eigenvalue weighted by atomic mass is 16.5. The third kappa shape index (κ3) is 3.43. The normalized spacial score (nSPS) is 27.4. The number of nitrogens with two attached hydrogens (primary N) is 1. The molecule has 5 heteroatoms. The third-order valence-electron chi connectivity index (χ3n) is 4.06. The molecule has 0 radical (unpaired) electrons. The summed E-state index contributed by atoms with van der Waals surface area (Å²) >= 11 is 0. The fourth-order valence-electron chi connectivity index (χ4n) is 2.69. The average Bonchev–Trinajstić information content (AvgIpc) is 2.91. The summed E-state index contributed by atoms with van der Waals surface area (Å²) in [5, 5.41) is 0. The van der Waals surface area contributed by atoms with Crippen LogP contribution in [0.15, 0.2) is 0 Å². The van der Waals surface area contributed by atoms with Crippen LogP contribution in [0.4, 0.5) is 0 Å². The number of amides is 1. The maximum absolute atomic E-state index is 12.1. The van der Waals surface area contributed by atoms with Crippen molar-refractivity contribution in [2.45, 2.75) is 38.3 Å². The molecule has 2 fully saturated rings. The van der Waals surface area contributed by atoms with Crippen LogP contribution in [0.3, 0.4) is 0 Å². The zero-order valence-electron chi connectivity index (χ0n) is 11.3. The lowest BCUT2D eigenvalue weighted by molar-refractivity contribution is -0.135. The monoisotopic (exact) mass is 255 g/mol. The minimum absolute atomic E-state index is 0.165. The molecular formula is C13H25N3O2. The van der Waals surface area contributed by atoms with Crippen molar-refractivity contribution in [2.75, 3.05) is 39.3 Å². The van der Waals surface area contributed by atoms with Gasteiger partial charge in [0, 0.05) is 45.4 Å². The van der Waals surface area contributed by atoms with Crippen molar-refractivity contribution in [2.24, 2.45) is 5.73 Å². The van der Waals surface area contributed by atoms with Gasteiger partial charge >= 0.3 is 0 Å². The maximum atomic E-state index is 12.1. The summed E-state index contributed by atoms with van der Waals surface area (Å²) in [6, 6.07) is 0.417. The van der Waals surface area contributed by atoms with Gasteiger partial charge in [0.1, 0.15) is 0 Å². The van der Waals surface area contributed by atoms with Gasteiger partial charge in [-0.25, -0.2) is 0 Å². The van der Waals surface area contributed by atoms with Gasteiger partial charge in [-0.2, -0.15) is 0 Å². The van der Waals surface area contributed by atoms with E-state index in [1.807, 2.05) is 4.90 Å². The Labute approximate surface area is 109 Å². The van der Waals surface area contributed by atoms with E-state index in [0.717, 1.165) is 45.6 Å². The van der Waals surface area contributed by atoms with Crippen LogP contribution in [0.2, 0.25) is 0 Å². The van der Waals surface area contributed by atoms with Crippen LogP contribution >= 0.6 is 0 Å². The molecule has 0 aromatic heterocycles. The quantitative estimate of drug-likeness (QED) is 0.771. The number of nitrogens with zero attached hydrogens (tertiary/aromatic N) is 2. The molecule has 18 heavy (non-hydrogen) atoms. The SMILES string of the molecule is CC(CN)N1CCN(C(=O)CC2CCCO2)CC1. The van der Waals surface area contributed by atoms with Crippen LogP contribution in [0.1, 0.15) is 26.2 Å². The van der Waals surface area contributed by atoms with E-state index in [2.05, 4.69) is 11.8 Å². The van der Waals surface area contributed by atoms with Crippen molar-refractivity contribution in [3.8, 4) is 0 Å². The van der Waals surface area contributed by atoms with Gasteiger partial charge in [-0.05, 0) is 19.8 Å². The highest BCUT2D eigenvalue weighted by Gasteiger charge is 2.26. The Morgan fingerprint density at radius 2 is 2.11 bits per heavy atom. The Morgan fingerprint density at radius 1 is 1.39 bits per heavy atom. The van der Waals surface area contributed by atoms with E-state index in [4.69, 9.17) is 10.5 Å². The molecule has 0 aromatic rings. The maximum Gasteiger partial charge on any atom is 0.225 e. The van der Waals surface area contributed by atoms with Crippen LogP contribution in [0.25, 0.3) is 0 Å². The van der Waals surface area contributed by atoms with Gasteiger partial charge in [0.2, 0.25) is 5.91 Å². The minimum Gasteiger partial charge on any atom is -0.378 e. The molecular weight excluding hydrogens is 230 g/mol. The molecule has 0 bridgehead atoms.